The predicted molar refractivity (Wildman–Crippen MR) is 85.9 cm³/mol. The fourth-order valence-corrected chi connectivity index (χ4v) is 2.14. The second-order valence-corrected chi connectivity index (χ2v) is 5.07. The number of nitrogens with two attached hydrogens (primary N) is 1. The summed E-state index contributed by atoms with van der Waals surface area (Å²) < 4.78 is 0. The fourth-order valence-electron chi connectivity index (χ4n) is 2.14. The van der Waals surface area contributed by atoms with Crippen molar-refractivity contribution >= 4 is 5.91 Å². The van der Waals surface area contributed by atoms with Crippen LogP contribution < -0.4 is 11.1 Å². The van der Waals surface area contributed by atoms with Crippen molar-refractivity contribution in [3.05, 3.63) is 29.6 Å². The van der Waals surface area contributed by atoms with Crippen LogP contribution in [0, 0.1) is 11.8 Å². The van der Waals surface area contributed by atoms with Crippen LogP contribution in [-0.4, -0.2) is 23.5 Å². The fraction of sp³-hybridized carbons (Fsp3) is 0.529. The summed E-state index contributed by atoms with van der Waals surface area (Å²) in [6, 6.07) is 2.00. The molecule has 0 saturated heterocycles. The van der Waals surface area contributed by atoms with Gasteiger partial charge in [0.15, 0.2) is 0 Å². The van der Waals surface area contributed by atoms with Gasteiger partial charge in [-0.3, -0.25) is 9.78 Å². The van der Waals surface area contributed by atoms with Crippen molar-refractivity contribution in [3.8, 4) is 11.8 Å². The lowest BCUT2D eigenvalue weighted by molar-refractivity contribution is 0.0931. The number of nitrogens with zero attached hydrogens (tertiary/aromatic N) is 1. The second kappa shape index (κ2) is 9.95. The molecule has 0 aliphatic heterocycles. The number of aromatic nitrogens is 1. The van der Waals surface area contributed by atoms with Crippen LogP contribution in [0.25, 0.3) is 0 Å². The summed E-state index contributed by atoms with van der Waals surface area (Å²) in [5, 5.41) is 3.10. The van der Waals surface area contributed by atoms with Gasteiger partial charge in [-0.25, -0.2) is 0 Å². The van der Waals surface area contributed by atoms with Crippen LogP contribution >= 0.6 is 0 Å². The Bertz CT molecular complexity index is 502. The Morgan fingerprint density at radius 3 is 2.81 bits per heavy atom. The van der Waals surface area contributed by atoms with Crippen molar-refractivity contribution in [2.24, 2.45) is 5.73 Å². The number of carbonyl (C=O) groups is 1. The maximum atomic E-state index is 12.3. The van der Waals surface area contributed by atoms with E-state index < -0.39 is 0 Å². The van der Waals surface area contributed by atoms with Crippen LogP contribution in [0.3, 0.4) is 0 Å². The maximum Gasteiger partial charge on any atom is 0.253 e. The first-order valence-corrected chi connectivity index (χ1v) is 7.66. The summed E-state index contributed by atoms with van der Waals surface area (Å²) in [6.07, 6.45) is 8.58. The Labute approximate surface area is 127 Å². The van der Waals surface area contributed by atoms with Gasteiger partial charge in [-0.2, -0.15) is 0 Å². The van der Waals surface area contributed by atoms with E-state index in [1.54, 1.807) is 18.5 Å². The molecule has 0 saturated carbocycles. The molecule has 1 heterocycles. The quantitative estimate of drug-likeness (QED) is 0.757. The number of rotatable bonds is 7. The lowest BCUT2D eigenvalue weighted by atomic mass is 10.0. The van der Waals surface area contributed by atoms with Crippen LogP contribution in [0.5, 0.6) is 0 Å². The van der Waals surface area contributed by atoms with E-state index in [2.05, 4.69) is 36.0 Å². The molecular weight excluding hydrogens is 262 g/mol. The van der Waals surface area contributed by atoms with Crippen LogP contribution in [-0.2, 0) is 0 Å². The van der Waals surface area contributed by atoms with Gasteiger partial charge in [0.2, 0.25) is 0 Å². The first kappa shape index (κ1) is 17.2. The van der Waals surface area contributed by atoms with Gasteiger partial charge in [-0.1, -0.05) is 45.0 Å². The lowest BCUT2D eigenvalue weighted by Gasteiger charge is -2.17. The molecule has 1 unspecified atom stereocenters. The van der Waals surface area contributed by atoms with Gasteiger partial charge < -0.3 is 11.1 Å². The Balaban J connectivity index is 2.72. The van der Waals surface area contributed by atoms with Gasteiger partial charge in [-0.15, -0.1) is 0 Å². The van der Waals surface area contributed by atoms with Crippen LogP contribution in [0.2, 0.25) is 0 Å². The van der Waals surface area contributed by atoms with E-state index in [9.17, 15) is 4.79 Å². The zero-order valence-electron chi connectivity index (χ0n) is 13.0. The van der Waals surface area contributed by atoms with E-state index >= 15 is 0 Å². The van der Waals surface area contributed by atoms with E-state index in [0.29, 0.717) is 17.7 Å². The molecule has 0 fully saturated rings. The molecule has 1 aromatic heterocycles. The zero-order valence-corrected chi connectivity index (χ0v) is 13.0. The summed E-state index contributed by atoms with van der Waals surface area (Å²) >= 11 is 0. The normalized spacial score (nSPS) is 11.4. The molecule has 0 spiro atoms. The van der Waals surface area contributed by atoms with Crippen LogP contribution in [0.4, 0.5) is 0 Å². The summed E-state index contributed by atoms with van der Waals surface area (Å²) in [5.41, 5.74) is 6.62. The van der Waals surface area contributed by atoms with Crippen molar-refractivity contribution in [2.75, 3.05) is 6.54 Å². The van der Waals surface area contributed by atoms with E-state index in [-0.39, 0.29) is 11.9 Å². The first-order valence-electron chi connectivity index (χ1n) is 7.66. The number of pyridine rings is 1. The third-order valence-electron chi connectivity index (χ3n) is 3.21. The highest BCUT2D eigenvalue weighted by atomic mass is 16.1. The molecule has 4 nitrogen and oxygen atoms in total. The minimum atomic E-state index is -0.0755. The minimum absolute atomic E-state index is 0.0755. The van der Waals surface area contributed by atoms with E-state index in [4.69, 9.17) is 5.73 Å². The molecule has 21 heavy (non-hydrogen) atoms. The highest BCUT2D eigenvalue weighted by Gasteiger charge is 2.13. The van der Waals surface area contributed by atoms with Gasteiger partial charge in [0.1, 0.15) is 0 Å². The van der Waals surface area contributed by atoms with E-state index in [1.807, 2.05) is 0 Å². The number of nitrogens with one attached hydrogen (secondary N) is 1. The molecule has 114 valence electrons. The number of amides is 1. The number of unbranched alkanes of at least 4 members (excludes halogenated alkanes) is 1. The summed E-state index contributed by atoms with van der Waals surface area (Å²) in [6.45, 7) is 4.59. The van der Waals surface area contributed by atoms with Crippen LogP contribution in [0.15, 0.2) is 18.5 Å². The van der Waals surface area contributed by atoms with Gasteiger partial charge in [0.05, 0.1) is 12.1 Å². The van der Waals surface area contributed by atoms with Crippen LogP contribution in [0.1, 0.15) is 61.9 Å². The molecule has 0 radical (unpaired) electrons. The topological polar surface area (TPSA) is 68.0 Å². The molecule has 0 aromatic carbocycles. The molecule has 1 amide bonds. The lowest BCUT2D eigenvalue weighted by Crippen LogP contribution is -2.34. The predicted octanol–water partition coefficient (Wildman–Crippen LogP) is 2.48. The first-order chi connectivity index (χ1) is 10.2. The Morgan fingerprint density at radius 2 is 2.14 bits per heavy atom. The monoisotopic (exact) mass is 287 g/mol. The van der Waals surface area contributed by atoms with Crippen molar-refractivity contribution < 1.29 is 4.79 Å². The number of hydrogen-bond acceptors (Lipinski definition) is 3. The van der Waals surface area contributed by atoms with Gasteiger partial charge in [-0.05, 0) is 18.9 Å². The molecule has 4 heteroatoms. The minimum Gasteiger partial charge on any atom is -0.349 e. The molecule has 1 atom stereocenters. The molecule has 0 aliphatic rings. The summed E-state index contributed by atoms with van der Waals surface area (Å²) in [7, 11) is 0. The second-order valence-electron chi connectivity index (χ2n) is 5.07. The SMILES string of the molecule is CCCCC(CCC)NC(=O)c1cncc(C#CCN)c1. The highest BCUT2D eigenvalue weighted by molar-refractivity contribution is 5.94. The van der Waals surface area contributed by atoms with Gasteiger partial charge >= 0.3 is 0 Å². The third kappa shape index (κ3) is 6.42. The van der Waals surface area contributed by atoms with Crippen molar-refractivity contribution in [2.45, 2.75) is 52.0 Å². The number of hydrogen-bond donors (Lipinski definition) is 2. The molecule has 1 aromatic rings. The zero-order chi connectivity index (χ0) is 15.5. The molecule has 3 N–H and O–H groups in total. The van der Waals surface area contributed by atoms with E-state index in [1.165, 1.54) is 0 Å². The largest absolute Gasteiger partial charge is 0.349 e. The van der Waals surface area contributed by atoms with Gasteiger partial charge in [0, 0.05) is 24.0 Å². The maximum absolute atomic E-state index is 12.3. The average molecular weight is 287 g/mol. The average Bonchev–Trinajstić information content (AvgIpc) is 2.51. The molecule has 0 bridgehead atoms. The Kier molecular flexibility index (Phi) is 8.15. The molecular formula is C17H25N3O. The Hall–Kier alpha value is -1.86. The van der Waals surface area contributed by atoms with Crippen molar-refractivity contribution in [1.82, 2.24) is 10.3 Å². The van der Waals surface area contributed by atoms with E-state index in [0.717, 1.165) is 32.1 Å². The third-order valence-corrected chi connectivity index (χ3v) is 3.21. The Morgan fingerprint density at radius 1 is 1.33 bits per heavy atom. The van der Waals surface area contributed by atoms with Crippen molar-refractivity contribution in [3.63, 3.8) is 0 Å². The van der Waals surface area contributed by atoms with Crippen molar-refractivity contribution in [1.29, 1.82) is 0 Å². The molecule has 0 aliphatic carbocycles. The summed E-state index contributed by atoms with van der Waals surface area (Å²) in [4.78, 5) is 16.4. The molecule has 1 rings (SSSR count). The number of carbonyl (C=O) groups excluding carboxylic acids is 1. The smallest absolute Gasteiger partial charge is 0.253 e. The summed E-state index contributed by atoms with van der Waals surface area (Å²) in [5.74, 6) is 5.59. The highest BCUT2D eigenvalue weighted by Crippen LogP contribution is 2.09. The standard InChI is InChI=1S/C17H25N3O/c1-3-5-9-16(7-4-2)20-17(21)15-11-14(8-6-10-18)12-19-13-15/h11-13,16H,3-5,7,9-10,18H2,1-2H3,(H,20,21). The van der Waals surface area contributed by atoms with Gasteiger partial charge in [0.25, 0.3) is 5.91 Å².